The Kier molecular flexibility index (Phi) is 7.36. The van der Waals surface area contributed by atoms with Crippen LogP contribution in [0.2, 0.25) is 0 Å². The van der Waals surface area contributed by atoms with E-state index in [1.807, 2.05) is 6.07 Å². The van der Waals surface area contributed by atoms with E-state index in [2.05, 4.69) is 17.1 Å². The topological polar surface area (TPSA) is 81.5 Å². The van der Waals surface area contributed by atoms with Crippen LogP contribution in [-0.2, 0) is 4.74 Å². The maximum absolute atomic E-state index is 13.2. The van der Waals surface area contributed by atoms with Crippen molar-refractivity contribution in [2.24, 2.45) is 0 Å². The van der Waals surface area contributed by atoms with Crippen molar-refractivity contribution >= 4 is 23.3 Å². The van der Waals surface area contributed by atoms with Gasteiger partial charge in [0.25, 0.3) is 5.91 Å². The molecule has 2 aromatic rings. The van der Waals surface area contributed by atoms with E-state index in [0.717, 1.165) is 38.4 Å². The van der Waals surface area contributed by atoms with Gasteiger partial charge in [-0.15, -0.1) is 0 Å². The van der Waals surface area contributed by atoms with E-state index in [1.54, 1.807) is 35.2 Å². The van der Waals surface area contributed by atoms with Gasteiger partial charge in [0, 0.05) is 0 Å². The molecular formula is C23H30N3O5+. The van der Waals surface area contributed by atoms with E-state index in [1.165, 1.54) is 21.3 Å². The number of hydrogen-bond donors (Lipinski definition) is 2. The van der Waals surface area contributed by atoms with E-state index in [0.29, 0.717) is 28.3 Å². The highest BCUT2D eigenvalue weighted by Crippen LogP contribution is 2.32. The minimum absolute atomic E-state index is 0.294. The number of anilines is 2. The lowest BCUT2D eigenvalue weighted by Gasteiger charge is -2.34. The van der Waals surface area contributed by atoms with Crippen LogP contribution in [0.4, 0.5) is 11.4 Å². The Balaban J connectivity index is 1.97. The molecule has 3 rings (SSSR count). The van der Waals surface area contributed by atoms with Crippen molar-refractivity contribution in [2.45, 2.75) is 6.92 Å². The molecule has 2 N–H and O–H groups in total. The highest BCUT2D eigenvalue weighted by molar-refractivity contribution is 6.10. The van der Waals surface area contributed by atoms with Gasteiger partial charge in [-0.1, -0.05) is 6.07 Å². The number of hydrogen-bond acceptors (Lipinski definition) is 6. The van der Waals surface area contributed by atoms with Crippen LogP contribution in [0.5, 0.6) is 11.5 Å². The monoisotopic (exact) mass is 428 g/mol. The molecule has 1 aliphatic rings. The number of nitrogens with zero attached hydrogens (tertiary/aromatic N) is 1. The first-order valence-corrected chi connectivity index (χ1v) is 10.4. The fourth-order valence-corrected chi connectivity index (χ4v) is 3.83. The molecule has 0 spiro atoms. The molecule has 2 aromatic carbocycles. The smallest absolute Gasteiger partial charge is 0.337 e. The van der Waals surface area contributed by atoms with Crippen molar-refractivity contribution < 1.29 is 28.7 Å². The van der Waals surface area contributed by atoms with Gasteiger partial charge < -0.3 is 29.3 Å². The number of likely N-dealkylation sites (N-methyl/N-ethyl adjacent to an activating group) is 1. The zero-order valence-electron chi connectivity index (χ0n) is 18.5. The van der Waals surface area contributed by atoms with E-state index in [-0.39, 0.29) is 5.91 Å². The number of carbonyl (C=O) groups is 2. The molecule has 0 radical (unpaired) electrons. The van der Waals surface area contributed by atoms with Crippen molar-refractivity contribution in [1.29, 1.82) is 0 Å². The van der Waals surface area contributed by atoms with Crippen molar-refractivity contribution in [3.8, 4) is 11.5 Å². The minimum Gasteiger partial charge on any atom is -0.496 e. The van der Waals surface area contributed by atoms with E-state index < -0.39 is 5.97 Å². The van der Waals surface area contributed by atoms with Gasteiger partial charge in [0.2, 0.25) is 0 Å². The molecule has 0 aliphatic carbocycles. The quantitative estimate of drug-likeness (QED) is 0.650. The SMILES string of the molecule is CC[NH+]1CCN(c2ccc(C(=O)OC)cc2NC(=O)c2c(OC)cccc2OC)CC1. The van der Waals surface area contributed by atoms with Crippen molar-refractivity contribution in [3.05, 3.63) is 47.5 Å². The molecule has 166 valence electrons. The number of piperazine rings is 1. The van der Waals surface area contributed by atoms with Gasteiger partial charge in [0.1, 0.15) is 17.1 Å². The van der Waals surface area contributed by atoms with E-state index in [4.69, 9.17) is 14.2 Å². The summed E-state index contributed by atoms with van der Waals surface area (Å²) < 4.78 is 15.6. The highest BCUT2D eigenvalue weighted by Gasteiger charge is 2.24. The number of carbonyl (C=O) groups excluding carboxylic acids is 2. The van der Waals surface area contributed by atoms with Gasteiger partial charge in [-0.3, -0.25) is 4.79 Å². The Hall–Kier alpha value is -3.26. The molecule has 1 saturated heterocycles. The Morgan fingerprint density at radius 3 is 2.23 bits per heavy atom. The van der Waals surface area contributed by atoms with Crippen molar-refractivity contribution in [1.82, 2.24) is 0 Å². The second kappa shape index (κ2) is 10.2. The Bertz CT molecular complexity index is 917. The largest absolute Gasteiger partial charge is 0.496 e. The maximum atomic E-state index is 13.2. The van der Waals surface area contributed by atoms with Crippen LogP contribution in [0, 0.1) is 0 Å². The zero-order chi connectivity index (χ0) is 22.4. The lowest BCUT2D eigenvalue weighted by atomic mass is 10.1. The third-order valence-corrected chi connectivity index (χ3v) is 5.63. The van der Waals surface area contributed by atoms with E-state index >= 15 is 0 Å². The van der Waals surface area contributed by atoms with Gasteiger partial charge in [0.15, 0.2) is 0 Å². The summed E-state index contributed by atoms with van der Waals surface area (Å²) >= 11 is 0. The number of rotatable bonds is 7. The Labute approximate surface area is 182 Å². The molecule has 8 nitrogen and oxygen atoms in total. The van der Waals surface area contributed by atoms with Gasteiger partial charge in [-0.25, -0.2) is 4.79 Å². The number of amides is 1. The predicted molar refractivity (Wildman–Crippen MR) is 119 cm³/mol. The zero-order valence-corrected chi connectivity index (χ0v) is 18.5. The molecule has 1 fully saturated rings. The number of ether oxygens (including phenoxy) is 3. The third kappa shape index (κ3) is 4.91. The summed E-state index contributed by atoms with van der Waals surface area (Å²) in [5.41, 5.74) is 2.07. The molecular weight excluding hydrogens is 398 g/mol. The van der Waals surface area contributed by atoms with Crippen LogP contribution in [0.25, 0.3) is 0 Å². The maximum Gasteiger partial charge on any atom is 0.337 e. The van der Waals surface area contributed by atoms with Gasteiger partial charge >= 0.3 is 5.97 Å². The molecule has 31 heavy (non-hydrogen) atoms. The summed E-state index contributed by atoms with van der Waals surface area (Å²) in [5, 5.41) is 2.96. The number of benzene rings is 2. The molecule has 1 amide bonds. The molecule has 0 aromatic heterocycles. The van der Waals surface area contributed by atoms with Crippen LogP contribution in [0.1, 0.15) is 27.6 Å². The molecule has 0 bridgehead atoms. The lowest BCUT2D eigenvalue weighted by Crippen LogP contribution is -3.14. The number of esters is 1. The van der Waals surface area contributed by atoms with Crippen LogP contribution in [0.3, 0.4) is 0 Å². The average Bonchev–Trinajstić information content (AvgIpc) is 2.82. The summed E-state index contributed by atoms with van der Waals surface area (Å²) in [7, 11) is 4.34. The van der Waals surface area contributed by atoms with Crippen molar-refractivity contribution in [2.75, 3.05) is 64.3 Å². The molecule has 8 heteroatoms. The minimum atomic E-state index is -0.461. The highest BCUT2D eigenvalue weighted by atomic mass is 16.5. The van der Waals surface area contributed by atoms with Gasteiger partial charge in [-0.2, -0.15) is 0 Å². The first-order chi connectivity index (χ1) is 15.0. The summed E-state index contributed by atoms with van der Waals surface area (Å²) in [5.74, 6) is -0.0297. The summed E-state index contributed by atoms with van der Waals surface area (Å²) in [6, 6.07) is 10.4. The fourth-order valence-electron chi connectivity index (χ4n) is 3.83. The molecule has 0 saturated carbocycles. The number of methoxy groups -OCH3 is 3. The molecule has 1 aliphatic heterocycles. The first-order valence-electron chi connectivity index (χ1n) is 10.4. The average molecular weight is 429 g/mol. The second-order valence-corrected chi connectivity index (χ2v) is 7.31. The predicted octanol–water partition coefficient (Wildman–Crippen LogP) is 1.47. The standard InChI is InChI=1S/C23H29N3O5/c1-5-25-11-13-26(14-12-25)18-10-9-16(23(28)31-4)15-17(18)24-22(27)21-19(29-2)7-6-8-20(21)30-3/h6-10,15H,5,11-14H2,1-4H3,(H,24,27)/p+1. The summed E-state index contributed by atoms with van der Waals surface area (Å²) in [4.78, 5) is 29.1. The molecule has 0 unspecified atom stereocenters. The Morgan fingerprint density at radius 1 is 1.03 bits per heavy atom. The third-order valence-electron chi connectivity index (χ3n) is 5.63. The van der Waals surface area contributed by atoms with Gasteiger partial charge in [0.05, 0.1) is 71.0 Å². The van der Waals surface area contributed by atoms with Crippen LogP contribution in [-0.4, -0.2) is 65.9 Å². The van der Waals surface area contributed by atoms with Crippen LogP contribution in [0.15, 0.2) is 36.4 Å². The van der Waals surface area contributed by atoms with Crippen molar-refractivity contribution in [3.63, 3.8) is 0 Å². The molecule has 1 heterocycles. The number of quaternary nitrogens is 1. The Morgan fingerprint density at radius 2 is 1.68 bits per heavy atom. The van der Waals surface area contributed by atoms with E-state index in [9.17, 15) is 9.59 Å². The second-order valence-electron chi connectivity index (χ2n) is 7.31. The summed E-state index contributed by atoms with van der Waals surface area (Å²) in [6.07, 6.45) is 0. The van der Waals surface area contributed by atoms with Crippen LogP contribution >= 0.6 is 0 Å². The fraction of sp³-hybridized carbons (Fsp3) is 0.391. The number of nitrogens with one attached hydrogen (secondary N) is 2. The molecule has 0 atom stereocenters. The lowest BCUT2D eigenvalue weighted by molar-refractivity contribution is -0.898. The van der Waals surface area contributed by atoms with Gasteiger partial charge in [-0.05, 0) is 37.3 Å². The summed E-state index contributed by atoms with van der Waals surface area (Å²) in [6.45, 7) is 7.03. The normalized spacial score (nSPS) is 14.1. The van der Waals surface area contributed by atoms with Crippen LogP contribution < -0.4 is 24.6 Å². The first kappa shape index (κ1) is 22.4.